The molecule has 188 valence electrons. The third kappa shape index (κ3) is 5.80. The summed E-state index contributed by atoms with van der Waals surface area (Å²) in [6.07, 6.45) is 1.77. The van der Waals surface area contributed by atoms with E-state index in [0.717, 1.165) is 27.1 Å². The van der Waals surface area contributed by atoms with Crippen LogP contribution >= 0.6 is 35.6 Å². The van der Waals surface area contributed by atoms with Crippen LogP contribution in [0.25, 0.3) is 0 Å². The number of carbonyl (C=O) groups excluding carboxylic acids is 1. The van der Waals surface area contributed by atoms with Gasteiger partial charge in [0.25, 0.3) is 0 Å². The van der Waals surface area contributed by atoms with Crippen molar-refractivity contribution in [2.75, 3.05) is 23.9 Å². The second-order valence-corrected chi connectivity index (χ2v) is 10.1. The molecule has 5 rings (SSSR count). The Morgan fingerprint density at radius 3 is 2.62 bits per heavy atom. The number of benzene rings is 2. The topological polar surface area (TPSA) is 79.6 Å². The highest BCUT2D eigenvalue weighted by atomic mass is 35.5. The molecule has 2 atom stereocenters. The molecular weight excluding hydrogens is 528 g/mol. The molecule has 1 aliphatic rings. The number of ether oxygens (including phenoxy) is 1. The highest BCUT2D eigenvalue weighted by Gasteiger charge is 2.42. The molecule has 1 saturated heterocycles. The fourth-order valence-electron chi connectivity index (χ4n) is 4.12. The fraction of sp³-hybridized carbons (Fsp3) is 0.148. The predicted molar refractivity (Wildman–Crippen MR) is 149 cm³/mol. The second kappa shape index (κ2) is 11.4. The predicted octanol–water partition coefficient (Wildman–Crippen LogP) is 6.24. The normalized spacial score (nSPS) is 17.0. The van der Waals surface area contributed by atoms with E-state index in [1.165, 1.54) is 18.9 Å². The van der Waals surface area contributed by atoms with Crippen molar-refractivity contribution in [3.63, 3.8) is 0 Å². The van der Waals surface area contributed by atoms with Crippen LogP contribution in [0.15, 0.2) is 99.5 Å². The summed E-state index contributed by atoms with van der Waals surface area (Å²) in [4.78, 5) is 19.5. The fourth-order valence-corrected chi connectivity index (χ4v) is 5.37. The van der Waals surface area contributed by atoms with E-state index in [0.29, 0.717) is 15.8 Å². The van der Waals surface area contributed by atoms with E-state index < -0.39 is 0 Å². The number of pyridine rings is 1. The summed E-state index contributed by atoms with van der Waals surface area (Å²) < 4.78 is 11.2. The molecule has 7 nitrogen and oxygen atoms in total. The Bertz CT molecular complexity index is 1380. The molecule has 0 saturated carbocycles. The van der Waals surface area contributed by atoms with E-state index >= 15 is 0 Å². The molecule has 2 aromatic heterocycles. The molecule has 0 radical (unpaired) electrons. The number of thiocarbonyl (C=S) groups is 1. The van der Waals surface area contributed by atoms with Gasteiger partial charge in [0, 0.05) is 34.6 Å². The summed E-state index contributed by atoms with van der Waals surface area (Å²) in [5.41, 5.74) is 2.37. The first-order valence-corrected chi connectivity index (χ1v) is 13.0. The maximum Gasteiger partial charge on any atom is 0.250 e. The van der Waals surface area contributed by atoms with E-state index in [4.69, 9.17) is 33.0 Å². The molecule has 1 fully saturated rings. The second-order valence-electron chi connectivity index (χ2n) is 8.24. The lowest BCUT2D eigenvalue weighted by atomic mass is 10.0. The van der Waals surface area contributed by atoms with Crippen LogP contribution in [0.3, 0.4) is 0 Å². The largest absolute Gasteiger partial charge is 0.452 e. The van der Waals surface area contributed by atoms with Gasteiger partial charge in [0.15, 0.2) is 10.2 Å². The number of methoxy groups -OCH3 is 1. The summed E-state index contributed by atoms with van der Waals surface area (Å²) in [5, 5.41) is 8.23. The number of nitrogens with zero attached hydrogens (tertiary/aromatic N) is 2. The molecule has 3 heterocycles. The van der Waals surface area contributed by atoms with Crippen molar-refractivity contribution >= 4 is 58.0 Å². The van der Waals surface area contributed by atoms with Crippen LogP contribution in [-0.4, -0.2) is 29.7 Å². The third-order valence-corrected chi connectivity index (χ3v) is 7.22. The maximum absolute atomic E-state index is 11.9. The Balaban J connectivity index is 1.46. The van der Waals surface area contributed by atoms with Gasteiger partial charge in [0.2, 0.25) is 5.91 Å². The number of hydrogen-bond acceptors (Lipinski definition) is 6. The molecule has 0 bridgehead atoms. The number of carbonyl (C=O) groups is 1. The minimum Gasteiger partial charge on any atom is -0.452 e. The molecule has 0 aliphatic carbocycles. The third-order valence-electron chi connectivity index (χ3n) is 5.73. The van der Waals surface area contributed by atoms with Crippen molar-refractivity contribution in [1.29, 1.82) is 0 Å². The quantitative estimate of drug-likeness (QED) is 0.250. The Morgan fingerprint density at radius 1 is 1.14 bits per heavy atom. The number of aromatic nitrogens is 1. The SMILES string of the molecule is COCC(=O)Nc1ccc(N2C(=S)N[C@H](c3ccccn3)[C@H]2c2ccc(Sc3ccc(Cl)cc3)o2)cc1. The van der Waals surface area contributed by atoms with E-state index in [1.54, 1.807) is 6.20 Å². The Morgan fingerprint density at radius 2 is 1.92 bits per heavy atom. The highest BCUT2D eigenvalue weighted by molar-refractivity contribution is 7.99. The minimum absolute atomic E-state index is 0.00935. The van der Waals surface area contributed by atoms with Gasteiger partial charge in [-0.1, -0.05) is 29.4 Å². The first-order valence-electron chi connectivity index (χ1n) is 11.4. The van der Waals surface area contributed by atoms with E-state index in [-0.39, 0.29) is 24.6 Å². The van der Waals surface area contributed by atoms with Crippen LogP contribution < -0.4 is 15.5 Å². The number of amides is 1. The first-order chi connectivity index (χ1) is 18.0. The van der Waals surface area contributed by atoms with Crippen LogP contribution in [0, 0.1) is 0 Å². The van der Waals surface area contributed by atoms with Crippen molar-refractivity contribution in [2.24, 2.45) is 0 Å². The van der Waals surface area contributed by atoms with Gasteiger partial charge < -0.3 is 24.7 Å². The van der Waals surface area contributed by atoms with Gasteiger partial charge in [-0.25, -0.2) is 0 Å². The van der Waals surface area contributed by atoms with Crippen LogP contribution in [-0.2, 0) is 9.53 Å². The standard InChI is InChI=1S/C27H23ClN4O3S2/c1-34-16-23(33)30-18-7-9-19(10-8-18)32-26(25(31-27(32)36)21-4-2-3-15-29-21)22-13-14-24(35-22)37-20-11-5-17(28)6-12-20/h2-15,25-26H,16H2,1H3,(H,30,33)(H,31,36)/t25-,26-/m1/s1. The van der Waals surface area contributed by atoms with Gasteiger partial charge in [-0.3, -0.25) is 9.78 Å². The average molecular weight is 551 g/mol. The van der Waals surface area contributed by atoms with Gasteiger partial charge in [-0.05, 0) is 85.0 Å². The van der Waals surface area contributed by atoms with Crippen LogP contribution in [0.2, 0.25) is 5.02 Å². The van der Waals surface area contributed by atoms with E-state index in [1.807, 2.05) is 83.8 Å². The first kappa shape index (κ1) is 25.3. The number of halogens is 1. The van der Waals surface area contributed by atoms with Crippen molar-refractivity contribution in [3.8, 4) is 0 Å². The molecule has 0 spiro atoms. The molecule has 1 amide bonds. The lowest BCUT2D eigenvalue weighted by molar-refractivity contribution is -0.119. The van der Waals surface area contributed by atoms with Gasteiger partial charge in [0.05, 0.1) is 11.7 Å². The van der Waals surface area contributed by atoms with Crippen molar-refractivity contribution in [3.05, 3.63) is 102 Å². The molecule has 2 aromatic carbocycles. The van der Waals surface area contributed by atoms with Crippen LogP contribution in [0.1, 0.15) is 23.5 Å². The lowest BCUT2D eigenvalue weighted by Crippen LogP contribution is -2.29. The van der Waals surface area contributed by atoms with Gasteiger partial charge in [-0.15, -0.1) is 0 Å². The monoisotopic (exact) mass is 550 g/mol. The molecule has 0 unspecified atom stereocenters. The number of hydrogen-bond donors (Lipinski definition) is 2. The van der Waals surface area contributed by atoms with E-state index in [9.17, 15) is 4.79 Å². The molecule has 2 N–H and O–H groups in total. The van der Waals surface area contributed by atoms with E-state index in [2.05, 4.69) is 15.6 Å². The number of furan rings is 1. The summed E-state index contributed by atoms with van der Waals surface area (Å²) in [5.74, 6) is 0.528. The maximum atomic E-state index is 11.9. The Labute approximate surface area is 229 Å². The number of nitrogens with one attached hydrogen (secondary N) is 2. The van der Waals surface area contributed by atoms with Gasteiger partial charge in [-0.2, -0.15) is 0 Å². The average Bonchev–Trinajstić information content (AvgIpc) is 3.50. The smallest absolute Gasteiger partial charge is 0.250 e. The van der Waals surface area contributed by atoms with Crippen molar-refractivity contribution in [2.45, 2.75) is 22.1 Å². The zero-order valence-corrected chi connectivity index (χ0v) is 22.1. The number of anilines is 2. The van der Waals surface area contributed by atoms with Crippen LogP contribution in [0.4, 0.5) is 11.4 Å². The number of rotatable bonds is 8. The van der Waals surface area contributed by atoms with Crippen molar-refractivity contribution in [1.82, 2.24) is 10.3 Å². The van der Waals surface area contributed by atoms with Crippen molar-refractivity contribution < 1.29 is 13.9 Å². The van der Waals surface area contributed by atoms with Gasteiger partial charge >= 0.3 is 0 Å². The summed E-state index contributed by atoms with van der Waals surface area (Å²) in [6, 6.07) is 24.3. The lowest BCUT2D eigenvalue weighted by Gasteiger charge is -2.26. The molecule has 4 aromatic rings. The Hall–Kier alpha value is -3.37. The summed E-state index contributed by atoms with van der Waals surface area (Å²) >= 11 is 13.3. The summed E-state index contributed by atoms with van der Waals surface area (Å²) in [6.45, 7) is -0.00935. The Kier molecular flexibility index (Phi) is 7.76. The molecular formula is C27H23ClN4O3S2. The molecule has 1 aliphatic heterocycles. The minimum atomic E-state index is -0.282. The zero-order chi connectivity index (χ0) is 25.8. The summed E-state index contributed by atoms with van der Waals surface area (Å²) in [7, 11) is 1.48. The van der Waals surface area contributed by atoms with Gasteiger partial charge in [0.1, 0.15) is 18.4 Å². The van der Waals surface area contributed by atoms with Crippen LogP contribution in [0.5, 0.6) is 0 Å². The molecule has 10 heteroatoms. The molecule has 37 heavy (non-hydrogen) atoms. The zero-order valence-electron chi connectivity index (χ0n) is 19.8. The highest BCUT2D eigenvalue weighted by Crippen LogP contribution is 2.43.